The summed E-state index contributed by atoms with van der Waals surface area (Å²) in [5.41, 5.74) is 1.97. The van der Waals surface area contributed by atoms with E-state index in [-0.39, 0.29) is 4.90 Å². The van der Waals surface area contributed by atoms with Gasteiger partial charge in [0.25, 0.3) is 0 Å². The van der Waals surface area contributed by atoms with Gasteiger partial charge in [-0.1, -0.05) is 6.07 Å². The predicted molar refractivity (Wildman–Crippen MR) is 53.7 cm³/mol. The van der Waals surface area contributed by atoms with E-state index in [0.717, 1.165) is 11.1 Å². The van der Waals surface area contributed by atoms with E-state index < -0.39 is 10.0 Å². The molecule has 0 saturated heterocycles. The van der Waals surface area contributed by atoms with Crippen LogP contribution in [-0.2, 0) is 16.6 Å². The minimum Gasteiger partial charge on any atom is -0.387 e. The van der Waals surface area contributed by atoms with E-state index >= 15 is 0 Å². The second kappa shape index (κ2) is 3.11. The third-order valence-electron chi connectivity index (χ3n) is 2.12. The van der Waals surface area contributed by atoms with Crippen molar-refractivity contribution in [2.24, 2.45) is 5.14 Å². The molecule has 1 aromatic carbocycles. The lowest BCUT2D eigenvalue weighted by Crippen LogP contribution is -2.15. The van der Waals surface area contributed by atoms with Crippen LogP contribution in [0.15, 0.2) is 29.3 Å². The number of benzene rings is 1. The first-order chi connectivity index (χ1) is 6.57. The van der Waals surface area contributed by atoms with E-state index in [1.165, 1.54) is 6.07 Å². The zero-order chi connectivity index (χ0) is 10.2. The molecule has 0 aromatic heterocycles. The van der Waals surface area contributed by atoms with Gasteiger partial charge in [-0.25, -0.2) is 13.6 Å². The molecule has 0 fully saturated rings. The van der Waals surface area contributed by atoms with Gasteiger partial charge in [-0.3, -0.25) is 0 Å². The Bertz CT molecular complexity index is 492. The second-order valence-corrected chi connectivity index (χ2v) is 4.68. The molecule has 0 atom stereocenters. The van der Waals surface area contributed by atoms with Crippen molar-refractivity contribution in [1.29, 1.82) is 0 Å². The number of sulfonamides is 1. The van der Waals surface area contributed by atoms with E-state index in [2.05, 4.69) is 5.32 Å². The standard InChI is InChI=1S/C9H10N2O2S/c10-14(12,13)9-2-1-7-3-4-11-6-8(7)5-9/h1-5,11H,6H2,(H2,10,12,13). The molecule has 0 unspecified atom stereocenters. The van der Waals surface area contributed by atoms with Crippen LogP contribution in [0.3, 0.4) is 0 Å². The van der Waals surface area contributed by atoms with Crippen molar-refractivity contribution in [3.63, 3.8) is 0 Å². The summed E-state index contributed by atoms with van der Waals surface area (Å²) in [6, 6.07) is 4.87. The zero-order valence-corrected chi connectivity index (χ0v) is 8.21. The molecule has 0 aliphatic carbocycles. The Balaban J connectivity index is 2.55. The molecule has 1 aliphatic rings. The molecule has 4 nitrogen and oxygen atoms in total. The Morgan fingerprint density at radius 2 is 2.14 bits per heavy atom. The van der Waals surface area contributed by atoms with Gasteiger partial charge in [0.05, 0.1) is 4.90 Å². The van der Waals surface area contributed by atoms with Gasteiger partial charge in [-0.2, -0.15) is 0 Å². The van der Waals surface area contributed by atoms with Gasteiger partial charge >= 0.3 is 0 Å². The third-order valence-corrected chi connectivity index (χ3v) is 3.03. The number of hydrogen-bond acceptors (Lipinski definition) is 3. The van der Waals surface area contributed by atoms with Crippen LogP contribution in [0.1, 0.15) is 11.1 Å². The van der Waals surface area contributed by atoms with Crippen molar-refractivity contribution in [2.45, 2.75) is 11.4 Å². The fourth-order valence-electron chi connectivity index (χ4n) is 1.39. The topological polar surface area (TPSA) is 72.2 Å². The highest BCUT2D eigenvalue weighted by molar-refractivity contribution is 7.89. The summed E-state index contributed by atoms with van der Waals surface area (Å²) >= 11 is 0. The fourth-order valence-corrected chi connectivity index (χ4v) is 1.96. The molecule has 3 N–H and O–H groups in total. The summed E-state index contributed by atoms with van der Waals surface area (Å²) in [7, 11) is -3.59. The Morgan fingerprint density at radius 1 is 1.36 bits per heavy atom. The Hall–Kier alpha value is -1.33. The lowest BCUT2D eigenvalue weighted by atomic mass is 10.1. The summed E-state index contributed by atoms with van der Waals surface area (Å²) in [6.45, 7) is 0.634. The number of rotatable bonds is 1. The average molecular weight is 210 g/mol. The molecule has 0 bridgehead atoms. The van der Waals surface area contributed by atoms with E-state index in [1.54, 1.807) is 12.1 Å². The van der Waals surface area contributed by atoms with Gasteiger partial charge in [0.15, 0.2) is 0 Å². The minimum atomic E-state index is -3.59. The normalized spacial score (nSPS) is 14.6. The fraction of sp³-hybridized carbons (Fsp3) is 0.111. The van der Waals surface area contributed by atoms with Crippen LogP contribution in [0, 0.1) is 0 Å². The maximum absolute atomic E-state index is 11.1. The van der Waals surface area contributed by atoms with E-state index in [0.29, 0.717) is 6.54 Å². The Morgan fingerprint density at radius 3 is 2.86 bits per heavy atom. The van der Waals surface area contributed by atoms with Gasteiger partial charge in [-0.05, 0) is 35.5 Å². The molecule has 2 rings (SSSR count). The van der Waals surface area contributed by atoms with Gasteiger partial charge in [0.1, 0.15) is 0 Å². The first-order valence-corrected chi connectivity index (χ1v) is 5.68. The van der Waals surface area contributed by atoms with E-state index in [4.69, 9.17) is 5.14 Å². The lowest BCUT2D eigenvalue weighted by molar-refractivity contribution is 0.597. The van der Waals surface area contributed by atoms with Crippen molar-refractivity contribution < 1.29 is 8.42 Å². The smallest absolute Gasteiger partial charge is 0.238 e. The summed E-state index contributed by atoms with van der Waals surface area (Å²) in [5, 5.41) is 8.03. The van der Waals surface area contributed by atoms with Crippen molar-refractivity contribution >= 4 is 16.1 Å². The third kappa shape index (κ3) is 1.64. The first-order valence-electron chi connectivity index (χ1n) is 4.13. The quantitative estimate of drug-likeness (QED) is 0.705. The SMILES string of the molecule is NS(=O)(=O)c1ccc2c(c1)CNC=C2. The Labute approximate surface area is 82.5 Å². The monoisotopic (exact) mass is 210 g/mol. The molecule has 1 aromatic rings. The van der Waals surface area contributed by atoms with Crippen LogP contribution in [0.25, 0.3) is 6.08 Å². The number of fused-ring (bicyclic) bond motifs is 1. The minimum absolute atomic E-state index is 0.161. The first kappa shape index (κ1) is 9.23. The van der Waals surface area contributed by atoms with E-state index in [1.807, 2.05) is 12.3 Å². The number of hydrogen-bond donors (Lipinski definition) is 2. The highest BCUT2D eigenvalue weighted by Gasteiger charge is 2.11. The van der Waals surface area contributed by atoms with Gasteiger partial charge < -0.3 is 5.32 Å². The molecular weight excluding hydrogens is 200 g/mol. The summed E-state index contributed by atoms with van der Waals surface area (Å²) in [4.78, 5) is 0.161. The lowest BCUT2D eigenvalue weighted by Gasteiger charge is -2.12. The summed E-state index contributed by atoms with van der Waals surface area (Å²) in [6.07, 6.45) is 3.73. The molecular formula is C9H10N2O2S. The van der Waals surface area contributed by atoms with Crippen LogP contribution >= 0.6 is 0 Å². The molecule has 1 aliphatic heterocycles. The largest absolute Gasteiger partial charge is 0.387 e. The summed E-state index contributed by atoms with van der Waals surface area (Å²) in [5.74, 6) is 0. The molecule has 0 spiro atoms. The van der Waals surface area contributed by atoms with Crippen LogP contribution in [0.2, 0.25) is 0 Å². The highest BCUT2D eigenvalue weighted by atomic mass is 32.2. The van der Waals surface area contributed by atoms with Crippen molar-refractivity contribution in [2.75, 3.05) is 0 Å². The average Bonchev–Trinajstić information content (AvgIpc) is 2.16. The van der Waals surface area contributed by atoms with Crippen molar-refractivity contribution in [3.8, 4) is 0 Å². The second-order valence-electron chi connectivity index (χ2n) is 3.12. The molecule has 74 valence electrons. The molecule has 1 heterocycles. The van der Waals surface area contributed by atoms with Crippen LogP contribution in [0.5, 0.6) is 0 Å². The van der Waals surface area contributed by atoms with Crippen LogP contribution < -0.4 is 10.5 Å². The molecule has 5 heteroatoms. The van der Waals surface area contributed by atoms with Gasteiger partial charge in [0.2, 0.25) is 10.0 Å². The van der Waals surface area contributed by atoms with Crippen molar-refractivity contribution in [3.05, 3.63) is 35.5 Å². The van der Waals surface area contributed by atoms with Crippen LogP contribution in [-0.4, -0.2) is 8.42 Å². The number of nitrogens with one attached hydrogen (secondary N) is 1. The molecule has 0 saturated carbocycles. The predicted octanol–water partition coefficient (Wildman–Crippen LogP) is 0.408. The molecule has 0 amide bonds. The number of primary sulfonamides is 1. The van der Waals surface area contributed by atoms with Crippen molar-refractivity contribution in [1.82, 2.24) is 5.32 Å². The maximum atomic E-state index is 11.1. The van der Waals surface area contributed by atoms with E-state index in [9.17, 15) is 8.42 Å². The van der Waals surface area contributed by atoms with Gasteiger partial charge in [-0.15, -0.1) is 0 Å². The van der Waals surface area contributed by atoms with Gasteiger partial charge in [0, 0.05) is 6.54 Å². The zero-order valence-electron chi connectivity index (χ0n) is 7.40. The summed E-state index contributed by atoms with van der Waals surface area (Å²) < 4.78 is 22.1. The van der Waals surface area contributed by atoms with Crippen LogP contribution in [0.4, 0.5) is 0 Å². The number of nitrogens with two attached hydrogens (primary N) is 1. The maximum Gasteiger partial charge on any atom is 0.238 e. The highest BCUT2D eigenvalue weighted by Crippen LogP contribution is 2.18. The Kier molecular flexibility index (Phi) is 2.05. The molecule has 14 heavy (non-hydrogen) atoms. The molecule has 0 radical (unpaired) electrons.